The largest absolute Gasteiger partial charge is 0.355 e. The first-order valence-corrected chi connectivity index (χ1v) is 5.51. The third kappa shape index (κ3) is 3.22. The van der Waals surface area contributed by atoms with Gasteiger partial charge in [0.15, 0.2) is 5.78 Å². The average Bonchev–Trinajstić information content (AvgIpc) is 2.65. The maximum atomic E-state index is 11.7. The number of carbonyl (C=O) groups is 2. The Labute approximate surface area is 95.6 Å². The van der Waals surface area contributed by atoms with Crippen molar-refractivity contribution in [3.05, 3.63) is 24.0 Å². The van der Waals surface area contributed by atoms with Crippen molar-refractivity contribution in [1.82, 2.24) is 9.88 Å². The zero-order valence-electron chi connectivity index (χ0n) is 9.99. The van der Waals surface area contributed by atoms with E-state index in [0.717, 1.165) is 0 Å². The van der Waals surface area contributed by atoms with Crippen LogP contribution in [-0.4, -0.2) is 22.8 Å². The molecule has 0 aliphatic rings. The van der Waals surface area contributed by atoms with Gasteiger partial charge in [-0.15, -0.1) is 0 Å². The highest BCUT2D eigenvalue weighted by molar-refractivity contribution is 5.97. The normalized spacial score (nSPS) is 10.5. The molecule has 4 nitrogen and oxygen atoms in total. The molecular formula is C12H18N2O2. The van der Waals surface area contributed by atoms with Crippen LogP contribution in [0.4, 0.5) is 0 Å². The first-order chi connectivity index (χ1) is 7.54. The first kappa shape index (κ1) is 12.5. The van der Waals surface area contributed by atoms with Crippen LogP contribution in [0.5, 0.6) is 0 Å². The van der Waals surface area contributed by atoms with Crippen LogP contribution in [0.1, 0.15) is 31.1 Å². The summed E-state index contributed by atoms with van der Waals surface area (Å²) in [5, 5.41) is 2.71. The molecule has 0 fully saturated rings. The number of hydrogen-bond donors (Lipinski definition) is 1. The fourth-order valence-electron chi connectivity index (χ4n) is 1.44. The minimum Gasteiger partial charge on any atom is -0.355 e. The van der Waals surface area contributed by atoms with Crippen LogP contribution in [0, 0.1) is 5.92 Å². The predicted octanol–water partition coefficient (Wildman–Crippen LogP) is 1.46. The van der Waals surface area contributed by atoms with Crippen molar-refractivity contribution in [2.24, 2.45) is 5.92 Å². The lowest BCUT2D eigenvalue weighted by Gasteiger charge is -2.03. The molecule has 0 radical (unpaired) electrons. The number of nitrogens with zero attached hydrogens (tertiary/aromatic N) is 1. The van der Waals surface area contributed by atoms with Crippen LogP contribution in [-0.2, 0) is 11.3 Å². The molecular weight excluding hydrogens is 204 g/mol. The second-order valence-electron chi connectivity index (χ2n) is 4.04. The maximum Gasteiger partial charge on any atom is 0.239 e. The van der Waals surface area contributed by atoms with Gasteiger partial charge in [0.05, 0.1) is 0 Å². The standard InChI is InChI=1S/C12H18N2O2/c1-4-13-11(15)8-14-6-5-10(7-14)12(16)9(2)3/h5-7,9H,4,8H2,1-3H3,(H,13,15). The number of amides is 1. The third-order valence-electron chi connectivity index (χ3n) is 2.26. The van der Waals surface area contributed by atoms with Crippen molar-refractivity contribution < 1.29 is 9.59 Å². The van der Waals surface area contributed by atoms with Crippen LogP contribution in [0.15, 0.2) is 18.5 Å². The molecule has 88 valence electrons. The molecule has 0 saturated carbocycles. The average molecular weight is 222 g/mol. The van der Waals surface area contributed by atoms with Gasteiger partial charge in [0.2, 0.25) is 5.91 Å². The lowest BCUT2D eigenvalue weighted by atomic mass is 10.0. The zero-order valence-corrected chi connectivity index (χ0v) is 9.99. The molecule has 0 bridgehead atoms. The Kier molecular flexibility index (Phi) is 4.28. The van der Waals surface area contributed by atoms with E-state index in [1.807, 2.05) is 20.8 Å². The number of likely N-dealkylation sites (N-methyl/N-ethyl adjacent to an activating group) is 1. The van der Waals surface area contributed by atoms with Crippen LogP contribution < -0.4 is 5.32 Å². The zero-order chi connectivity index (χ0) is 12.1. The van der Waals surface area contributed by atoms with Crippen LogP contribution in [0.3, 0.4) is 0 Å². The highest BCUT2D eigenvalue weighted by Gasteiger charge is 2.12. The highest BCUT2D eigenvalue weighted by Crippen LogP contribution is 2.08. The van der Waals surface area contributed by atoms with Gasteiger partial charge in [-0.2, -0.15) is 0 Å². The molecule has 1 rings (SSSR count). The van der Waals surface area contributed by atoms with Gasteiger partial charge in [-0.3, -0.25) is 9.59 Å². The van der Waals surface area contributed by atoms with Gasteiger partial charge in [-0.1, -0.05) is 13.8 Å². The third-order valence-corrected chi connectivity index (χ3v) is 2.26. The molecule has 1 aromatic heterocycles. The molecule has 4 heteroatoms. The summed E-state index contributed by atoms with van der Waals surface area (Å²) in [4.78, 5) is 23.0. The van der Waals surface area contributed by atoms with Gasteiger partial charge in [-0.05, 0) is 13.0 Å². The Morgan fingerprint density at radius 1 is 1.44 bits per heavy atom. The van der Waals surface area contributed by atoms with Crippen molar-refractivity contribution in [2.45, 2.75) is 27.3 Å². The topological polar surface area (TPSA) is 51.1 Å². The van der Waals surface area contributed by atoms with E-state index in [1.54, 1.807) is 23.0 Å². The summed E-state index contributed by atoms with van der Waals surface area (Å²) >= 11 is 0. The van der Waals surface area contributed by atoms with Crippen molar-refractivity contribution >= 4 is 11.7 Å². The lowest BCUT2D eigenvalue weighted by molar-refractivity contribution is -0.121. The number of nitrogens with one attached hydrogen (secondary N) is 1. The first-order valence-electron chi connectivity index (χ1n) is 5.51. The molecule has 1 N–H and O–H groups in total. The smallest absolute Gasteiger partial charge is 0.239 e. The van der Waals surface area contributed by atoms with Gasteiger partial charge >= 0.3 is 0 Å². The molecule has 0 saturated heterocycles. The Balaban J connectivity index is 2.65. The fourth-order valence-corrected chi connectivity index (χ4v) is 1.44. The Hall–Kier alpha value is -1.58. The quantitative estimate of drug-likeness (QED) is 0.767. The van der Waals surface area contributed by atoms with Gasteiger partial charge < -0.3 is 9.88 Å². The Morgan fingerprint density at radius 2 is 2.12 bits per heavy atom. The van der Waals surface area contributed by atoms with E-state index < -0.39 is 0 Å². The summed E-state index contributed by atoms with van der Waals surface area (Å²) in [7, 11) is 0. The van der Waals surface area contributed by atoms with E-state index in [1.165, 1.54) is 0 Å². The molecule has 1 amide bonds. The van der Waals surface area contributed by atoms with Crippen molar-refractivity contribution in [1.29, 1.82) is 0 Å². The molecule has 0 atom stereocenters. The van der Waals surface area contributed by atoms with Crippen LogP contribution >= 0.6 is 0 Å². The molecule has 16 heavy (non-hydrogen) atoms. The molecule has 0 spiro atoms. The number of hydrogen-bond acceptors (Lipinski definition) is 2. The van der Waals surface area contributed by atoms with Crippen molar-refractivity contribution in [3.63, 3.8) is 0 Å². The molecule has 0 aliphatic heterocycles. The summed E-state index contributed by atoms with van der Waals surface area (Å²) in [6.07, 6.45) is 3.47. The molecule has 0 unspecified atom stereocenters. The number of rotatable bonds is 5. The minimum atomic E-state index is -0.0401. The minimum absolute atomic E-state index is 0.0136. The maximum absolute atomic E-state index is 11.7. The second-order valence-corrected chi connectivity index (χ2v) is 4.04. The Bertz CT molecular complexity index is 380. The molecule has 1 aromatic rings. The lowest BCUT2D eigenvalue weighted by Crippen LogP contribution is -2.26. The number of Topliss-reactive ketones (excluding diaryl/α,β-unsaturated/α-hetero) is 1. The van der Waals surface area contributed by atoms with Gasteiger partial charge in [0.25, 0.3) is 0 Å². The second kappa shape index (κ2) is 5.49. The SMILES string of the molecule is CCNC(=O)Cn1ccc(C(=O)C(C)C)c1. The summed E-state index contributed by atoms with van der Waals surface area (Å²) in [5.41, 5.74) is 0.666. The highest BCUT2D eigenvalue weighted by atomic mass is 16.2. The number of aromatic nitrogens is 1. The fraction of sp³-hybridized carbons (Fsp3) is 0.500. The summed E-state index contributed by atoms with van der Waals surface area (Å²) in [6, 6.07) is 1.75. The van der Waals surface area contributed by atoms with E-state index >= 15 is 0 Å². The van der Waals surface area contributed by atoms with E-state index in [2.05, 4.69) is 5.32 Å². The summed E-state index contributed by atoms with van der Waals surface area (Å²) in [6.45, 7) is 6.49. The van der Waals surface area contributed by atoms with E-state index in [9.17, 15) is 9.59 Å². The van der Waals surface area contributed by atoms with E-state index in [0.29, 0.717) is 12.1 Å². The monoisotopic (exact) mass is 222 g/mol. The van der Waals surface area contributed by atoms with Gasteiger partial charge in [-0.25, -0.2) is 0 Å². The van der Waals surface area contributed by atoms with E-state index in [-0.39, 0.29) is 24.2 Å². The van der Waals surface area contributed by atoms with Crippen molar-refractivity contribution in [3.8, 4) is 0 Å². The molecule has 0 aliphatic carbocycles. The number of carbonyl (C=O) groups excluding carboxylic acids is 2. The van der Waals surface area contributed by atoms with Gasteiger partial charge in [0, 0.05) is 30.4 Å². The molecule has 1 heterocycles. The Morgan fingerprint density at radius 3 is 2.69 bits per heavy atom. The summed E-state index contributed by atoms with van der Waals surface area (Å²) < 4.78 is 1.72. The van der Waals surface area contributed by atoms with Crippen molar-refractivity contribution in [2.75, 3.05) is 6.54 Å². The predicted molar refractivity (Wildman–Crippen MR) is 62.3 cm³/mol. The van der Waals surface area contributed by atoms with E-state index in [4.69, 9.17) is 0 Å². The number of ketones is 1. The van der Waals surface area contributed by atoms with Crippen LogP contribution in [0.2, 0.25) is 0 Å². The molecule has 0 aromatic carbocycles. The van der Waals surface area contributed by atoms with Gasteiger partial charge in [0.1, 0.15) is 6.54 Å². The summed E-state index contributed by atoms with van der Waals surface area (Å²) in [5.74, 6) is 0.0524. The van der Waals surface area contributed by atoms with Crippen LogP contribution in [0.25, 0.3) is 0 Å².